The first-order valence-corrected chi connectivity index (χ1v) is 10.6. The van der Waals surface area contributed by atoms with Gasteiger partial charge in [-0.3, -0.25) is 14.2 Å². The molecule has 0 aliphatic carbocycles. The zero-order valence-corrected chi connectivity index (χ0v) is 18.1. The molecular weight excluding hydrogens is 408 g/mol. The first-order chi connectivity index (χ1) is 13.8. The van der Waals surface area contributed by atoms with Crippen LogP contribution in [0, 0.1) is 25.2 Å². The average Bonchev–Trinajstić information content (AvgIpc) is 3.00. The molecule has 3 rings (SSSR count). The molecule has 0 fully saturated rings. The molecular formula is C22H21ClN2O3S. The van der Waals surface area contributed by atoms with Crippen molar-refractivity contribution in [3.63, 3.8) is 0 Å². The first kappa shape index (κ1) is 21.1. The predicted molar refractivity (Wildman–Crippen MR) is 116 cm³/mol. The average molecular weight is 429 g/mol. The lowest BCUT2D eigenvalue weighted by Gasteiger charge is -2.15. The van der Waals surface area contributed by atoms with Gasteiger partial charge in [0.2, 0.25) is 11.7 Å². The highest BCUT2D eigenvalue weighted by Gasteiger charge is 2.28. The minimum atomic E-state index is -0.576. The molecule has 0 aliphatic rings. The van der Waals surface area contributed by atoms with Crippen molar-refractivity contribution >= 4 is 38.8 Å². The summed E-state index contributed by atoms with van der Waals surface area (Å²) in [7, 11) is 0. The van der Waals surface area contributed by atoms with Crippen molar-refractivity contribution in [1.82, 2.24) is 4.57 Å². The summed E-state index contributed by atoms with van der Waals surface area (Å²) in [5.74, 6) is -0.887. The van der Waals surface area contributed by atoms with Crippen LogP contribution in [0.5, 0.6) is 5.88 Å². The number of halogens is 1. The molecule has 0 atom stereocenters. The second kappa shape index (κ2) is 8.40. The Hall–Kier alpha value is -2.62. The van der Waals surface area contributed by atoms with Gasteiger partial charge in [0.25, 0.3) is 5.56 Å². The summed E-state index contributed by atoms with van der Waals surface area (Å²) in [6.45, 7) is 5.73. The molecule has 0 amide bonds. The minimum Gasteiger partial charge on any atom is -0.494 e. The second-order valence-corrected chi connectivity index (χ2v) is 8.48. The normalized spacial score (nSPS) is 11.0. The van der Waals surface area contributed by atoms with E-state index in [9.17, 15) is 20.0 Å². The molecule has 1 aromatic carbocycles. The number of nitrogens with zero attached hydrogens (tertiary/aromatic N) is 2. The Morgan fingerprint density at radius 3 is 2.69 bits per heavy atom. The number of thiophene rings is 1. The van der Waals surface area contributed by atoms with Crippen LogP contribution >= 0.6 is 22.9 Å². The maximum atomic E-state index is 13.4. The van der Waals surface area contributed by atoms with Crippen LogP contribution in [0.25, 0.3) is 10.1 Å². The molecule has 29 heavy (non-hydrogen) atoms. The number of hydrogen-bond donors (Lipinski definition) is 1. The molecule has 5 nitrogen and oxygen atoms in total. The van der Waals surface area contributed by atoms with Crippen LogP contribution in [0.1, 0.15) is 58.1 Å². The van der Waals surface area contributed by atoms with E-state index in [1.807, 2.05) is 38.1 Å². The third-order valence-electron chi connectivity index (χ3n) is 5.00. The molecule has 2 aromatic heterocycles. The van der Waals surface area contributed by atoms with Crippen molar-refractivity contribution in [3.05, 3.63) is 60.7 Å². The number of pyridine rings is 1. The van der Waals surface area contributed by atoms with Gasteiger partial charge < -0.3 is 5.11 Å². The molecule has 0 radical (unpaired) electrons. The summed E-state index contributed by atoms with van der Waals surface area (Å²) in [5.41, 5.74) is 0.480. The molecule has 150 valence electrons. The van der Waals surface area contributed by atoms with Gasteiger partial charge in [0.1, 0.15) is 11.6 Å². The van der Waals surface area contributed by atoms with Crippen LogP contribution in [0.15, 0.2) is 23.0 Å². The SMILES string of the molecule is CCCCCn1c(O)c(C(=O)c2sc3cc(C)ccc3c2Cl)c(C)c(C#N)c1=O. The zero-order chi connectivity index (χ0) is 21.3. The number of aryl methyl sites for hydroxylation is 1. The summed E-state index contributed by atoms with van der Waals surface area (Å²) < 4.78 is 1.99. The number of hydrogen-bond acceptors (Lipinski definition) is 5. The summed E-state index contributed by atoms with van der Waals surface area (Å²) in [4.78, 5) is 26.3. The first-order valence-electron chi connectivity index (χ1n) is 9.41. The maximum Gasteiger partial charge on any atom is 0.271 e. The molecule has 0 bridgehead atoms. The quantitative estimate of drug-likeness (QED) is 0.424. The van der Waals surface area contributed by atoms with E-state index in [-0.39, 0.29) is 28.1 Å². The highest BCUT2D eigenvalue weighted by molar-refractivity contribution is 7.21. The molecule has 2 heterocycles. The van der Waals surface area contributed by atoms with Gasteiger partial charge >= 0.3 is 0 Å². The number of unbranched alkanes of at least 4 members (excludes halogenated alkanes) is 2. The van der Waals surface area contributed by atoms with Crippen molar-refractivity contribution in [3.8, 4) is 11.9 Å². The van der Waals surface area contributed by atoms with E-state index in [2.05, 4.69) is 0 Å². The van der Waals surface area contributed by atoms with Crippen molar-refractivity contribution in [1.29, 1.82) is 5.26 Å². The number of benzene rings is 1. The number of aromatic hydroxyl groups is 1. The Kier molecular flexibility index (Phi) is 6.11. The van der Waals surface area contributed by atoms with E-state index in [0.717, 1.165) is 33.1 Å². The fraction of sp³-hybridized carbons (Fsp3) is 0.318. The Bertz CT molecular complexity index is 1220. The van der Waals surface area contributed by atoms with E-state index in [4.69, 9.17) is 11.6 Å². The minimum absolute atomic E-state index is 0.0390. The van der Waals surface area contributed by atoms with Crippen molar-refractivity contribution in [2.24, 2.45) is 0 Å². The zero-order valence-electron chi connectivity index (χ0n) is 16.5. The Morgan fingerprint density at radius 2 is 2.03 bits per heavy atom. The van der Waals surface area contributed by atoms with Crippen molar-refractivity contribution in [2.45, 2.75) is 46.6 Å². The van der Waals surface area contributed by atoms with Gasteiger partial charge in [0.05, 0.1) is 15.5 Å². The Balaban J connectivity index is 2.21. The van der Waals surface area contributed by atoms with Crippen molar-refractivity contribution in [2.75, 3.05) is 0 Å². The lowest BCUT2D eigenvalue weighted by Crippen LogP contribution is -2.26. The van der Waals surface area contributed by atoms with Crippen LogP contribution in [-0.4, -0.2) is 15.5 Å². The Labute approximate surface area is 177 Å². The summed E-state index contributed by atoms with van der Waals surface area (Å²) in [6.07, 6.45) is 2.47. The van der Waals surface area contributed by atoms with Crippen LogP contribution in [0.4, 0.5) is 0 Å². The number of carbonyl (C=O) groups is 1. The number of ketones is 1. The number of fused-ring (bicyclic) bond motifs is 1. The van der Waals surface area contributed by atoms with Crippen LogP contribution in [0.2, 0.25) is 5.02 Å². The van der Waals surface area contributed by atoms with Gasteiger partial charge in [-0.25, -0.2) is 0 Å². The highest BCUT2D eigenvalue weighted by atomic mass is 35.5. The standard InChI is InChI=1S/C22H21ClN2O3S/c1-4-5-6-9-25-21(27)15(11-24)13(3)17(22(25)28)19(26)20-18(23)14-8-7-12(2)10-16(14)29-20/h7-8,10,28H,4-6,9H2,1-3H3. The van der Waals surface area contributed by atoms with E-state index >= 15 is 0 Å². The monoisotopic (exact) mass is 428 g/mol. The topological polar surface area (TPSA) is 83.1 Å². The molecule has 0 saturated carbocycles. The van der Waals surface area contributed by atoms with E-state index in [0.29, 0.717) is 11.4 Å². The molecule has 0 unspecified atom stereocenters. The van der Waals surface area contributed by atoms with Crippen LogP contribution < -0.4 is 5.56 Å². The molecule has 7 heteroatoms. The van der Waals surface area contributed by atoms with E-state index < -0.39 is 17.2 Å². The number of rotatable bonds is 6. The van der Waals surface area contributed by atoms with Gasteiger partial charge in [0.15, 0.2) is 0 Å². The number of aromatic nitrogens is 1. The molecule has 0 aliphatic heterocycles. The lowest BCUT2D eigenvalue weighted by atomic mass is 10.0. The summed E-state index contributed by atoms with van der Waals surface area (Å²) in [6, 6.07) is 7.61. The molecule has 1 N–H and O–H groups in total. The highest BCUT2D eigenvalue weighted by Crippen LogP contribution is 2.38. The largest absolute Gasteiger partial charge is 0.494 e. The third-order valence-corrected chi connectivity index (χ3v) is 6.66. The van der Waals surface area contributed by atoms with Crippen LogP contribution in [0.3, 0.4) is 0 Å². The second-order valence-electron chi connectivity index (χ2n) is 7.05. The van der Waals surface area contributed by atoms with Gasteiger partial charge in [0, 0.05) is 16.6 Å². The van der Waals surface area contributed by atoms with E-state index in [1.165, 1.54) is 18.3 Å². The smallest absolute Gasteiger partial charge is 0.271 e. The maximum absolute atomic E-state index is 13.4. The fourth-order valence-corrected chi connectivity index (χ4v) is 4.94. The van der Waals surface area contributed by atoms with Gasteiger partial charge in [-0.2, -0.15) is 5.26 Å². The number of nitriles is 1. The van der Waals surface area contributed by atoms with Gasteiger partial charge in [-0.05, 0) is 37.5 Å². The predicted octanol–water partition coefficient (Wildman–Crippen LogP) is 5.33. The molecule has 3 aromatic rings. The van der Waals surface area contributed by atoms with E-state index in [1.54, 1.807) is 0 Å². The summed E-state index contributed by atoms with van der Waals surface area (Å²) >= 11 is 7.72. The Morgan fingerprint density at radius 1 is 1.31 bits per heavy atom. The fourth-order valence-electron chi connectivity index (χ4n) is 3.38. The third kappa shape index (κ3) is 3.68. The van der Waals surface area contributed by atoms with Gasteiger partial charge in [-0.15, -0.1) is 11.3 Å². The van der Waals surface area contributed by atoms with Gasteiger partial charge in [-0.1, -0.05) is 43.5 Å². The lowest BCUT2D eigenvalue weighted by molar-refractivity contribution is 0.103. The number of carbonyl (C=O) groups excluding carboxylic acids is 1. The van der Waals surface area contributed by atoms with Crippen molar-refractivity contribution < 1.29 is 9.90 Å². The van der Waals surface area contributed by atoms with Crippen LogP contribution in [-0.2, 0) is 6.54 Å². The molecule has 0 saturated heterocycles. The molecule has 0 spiro atoms. The summed E-state index contributed by atoms with van der Waals surface area (Å²) in [5, 5.41) is 21.4.